The minimum absolute atomic E-state index is 0.0813. The van der Waals surface area contributed by atoms with Crippen LogP contribution in [0, 0.1) is 11.6 Å². The van der Waals surface area contributed by atoms with Crippen LogP contribution in [-0.2, 0) is 6.54 Å². The predicted molar refractivity (Wildman–Crippen MR) is 129 cm³/mol. The zero-order valence-corrected chi connectivity index (χ0v) is 18.9. The Morgan fingerprint density at radius 2 is 1.69 bits per heavy atom. The van der Waals surface area contributed by atoms with Crippen LogP contribution in [0.5, 0.6) is 11.5 Å². The Balaban J connectivity index is 1.18. The molecule has 0 atom stereocenters. The molecule has 176 valence electrons. The largest absolute Gasteiger partial charge is 0.457 e. The summed E-state index contributed by atoms with van der Waals surface area (Å²) in [4.78, 5) is 7.45. The highest BCUT2D eigenvalue weighted by Gasteiger charge is 2.16. The molecule has 8 heteroatoms. The number of aromatic nitrogens is 4. The number of benzene rings is 3. The van der Waals surface area contributed by atoms with E-state index in [0.29, 0.717) is 29.0 Å². The van der Waals surface area contributed by atoms with Gasteiger partial charge in [0.05, 0.1) is 5.56 Å². The van der Waals surface area contributed by atoms with E-state index < -0.39 is 11.6 Å². The van der Waals surface area contributed by atoms with E-state index in [1.165, 1.54) is 12.1 Å². The molecular weight excluding hydrogens is 462 g/mol. The summed E-state index contributed by atoms with van der Waals surface area (Å²) >= 11 is 0. The molecule has 3 aromatic carbocycles. The molecule has 0 aliphatic heterocycles. The zero-order chi connectivity index (χ0) is 24.5. The van der Waals surface area contributed by atoms with E-state index in [4.69, 9.17) is 9.26 Å². The Morgan fingerprint density at radius 1 is 0.889 bits per heavy atom. The third-order valence-electron chi connectivity index (χ3n) is 5.71. The fourth-order valence-electron chi connectivity index (χ4n) is 3.94. The van der Waals surface area contributed by atoms with Crippen LogP contribution < -0.4 is 9.30 Å². The van der Waals surface area contributed by atoms with Gasteiger partial charge in [-0.05, 0) is 48.5 Å². The summed E-state index contributed by atoms with van der Waals surface area (Å²) < 4.78 is 41.1. The number of ether oxygens (including phenoxy) is 1. The lowest BCUT2D eigenvalue weighted by molar-refractivity contribution is -0.688. The van der Waals surface area contributed by atoms with E-state index >= 15 is 0 Å². The molecule has 0 saturated heterocycles. The smallest absolute Gasteiger partial charge is 0.208 e. The molecule has 0 spiro atoms. The Morgan fingerprint density at radius 3 is 2.53 bits per heavy atom. The summed E-state index contributed by atoms with van der Waals surface area (Å²) in [5.74, 6) is 0.583. The number of hydrogen-bond acceptors (Lipinski definition) is 4. The summed E-state index contributed by atoms with van der Waals surface area (Å²) in [6.07, 6.45) is 3.67. The average molecular weight is 481 g/mol. The van der Waals surface area contributed by atoms with Gasteiger partial charge in [0.25, 0.3) is 0 Å². The van der Waals surface area contributed by atoms with Crippen molar-refractivity contribution >= 4 is 11.0 Å². The first-order valence-electron chi connectivity index (χ1n) is 11.2. The number of pyridine rings is 1. The van der Waals surface area contributed by atoms with E-state index in [9.17, 15) is 8.78 Å². The number of fused-ring (bicyclic) bond motifs is 1. The third kappa shape index (κ3) is 4.32. The Hall–Kier alpha value is -4.85. The van der Waals surface area contributed by atoms with Crippen LogP contribution in [0.15, 0.2) is 102 Å². The number of nitrogens with one attached hydrogen (secondary N) is 1. The van der Waals surface area contributed by atoms with Crippen LogP contribution in [0.3, 0.4) is 0 Å². The third-order valence-corrected chi connectivity index (χ3v) is 5.71. The molecule has 0 amide bonds. The van der Waals surface area contributed by atoms with Crippen LogP contribution in [0.2, 0.25) is 0 Å². The van der Waals surface area contributed by atoms with Crippen molar-refractivity contribution in [2.24, 2.45) is 0 Å². The number of rotatable bonds is 6. The number of H-pyrrole nitrogens is 1. The van der Waals surface area contributed by atoms with E-state index in [0.717, 1.165) is 23.1 Å². The van der Waals surface area contributed by atoms with E-state index in [1.54, 1.807) is 6.07 Å². The number of nitrogens with zero attached hydrogens (tertiary/aromatic N) is 3. The molecule has 3 heterocycles. The second-order valence-electron chi connectivity index (χ2n) is 8.22. The second-order valence-corrected chi connectivity index (χ2v) is 8.22. The van der Waals surface area contributed by atoms with Gasteiger partial charge in [-0.15, -0.1) is 0 Å². The molecule has 0 bridgehead atoms. The van der Waals surface area contributed by atoms with Crippen LogP contribution in [-0.4, -0.2) is 15.1 Å². The summed E-state index contributed by atoms with van der Waals surface area (Å²) in [5.41, 5.74) is 3.02. The van der Waals surface area contributed by atoms with E-state index in [2.05, 4.69) is 15.1 Å². The van der Waals surface area contributed by atoms with Gasteiger partial charge in [0.1, 0.15) is 34.1 Å². The lowest BCUT2D eigenvalue weighted by Crippen LogP contribution is -2.32. The summed E-state index contributed by atoms with van der Waals surface area (Å²) in [6, 6.07) is 24.9. The second kappa shape index (κ2) is 9.07. The van der Waals surface area contributed by atoms with Crippen molar-refractivity contribution in [1.29, 1.82) is 0 Å². The highest BCUT2D eigenvalue weighted by atomic mass is 19.2. The van der Waals surface area contributed by atoms with Crippen molar-refractivity contribution < 1.29 is 22.6 Å². The first-order chi connectivity index (χ1) is 17.6. The van der Waals surface area contributed by atoms with Crippen molar-refractivity contribution in [3.05, 3.63) is 115 Å². The van der Waals surface area contributed by atoms with Crippen molar-refractivity contribution in [2.45, 2.75) is 6.54 Å². The lowest BCUT2D eigenvalue weighted by atomic mass is 10.1. The SMILES string of the molecule is Fc1cccc(-c2nc3cc[n+](Cc4cc(-c5ccc(Oc6ccccc6)cc5)no4)cc3[nH]2)c1F. The normalized spacial score (nSPS) is 11.2. The van der Waals surface area contributed by atoms with Crippen molar-refractivity contribution in [1.82, 2.24) is 15.1 Å². The minimum atomic E-state index is -0.932. The van der Waals surface area contributed by atoms with Crippen molar-refractivity contribution in [3.63, 3.8) is 0 Å². The lowest BCUT2D eigenvalue weighted by Gasteiger charge is -2.05. The maximum atomic E-state index is 14.2. The Bertz CT molecular complexity index is 1660. The maximum Gasteiger partial charge on any atom is 0.208 e. The molecule has 0 radical (unpaired) electrons. The highest BCUT2D eigenvalue weighted by Crippen LogP contribution is 2.26. The van der Waals surface area contributed by atoms with E-state index in [1.807, 2.05) is 77.6 Å². The first kappa shape index (κ1) is 21.7. The molecule has 0 aliphatic rings. The maximum absolute atomic E-state index is 14.2. The topological polar surface area (TPSA) is 67.8 Å². The molecule has 36 heavy (non-hydrogen) atoms. The molecule has 0 fully saturated rings. The van der Waals surface area contributed by atoms with Gasteiger partial charge in [0.2, 0.25) is 12.3 Å². The summed E-state index contributed by atoms with van der Waals surface area (Å²) in [5, 5.41) is 4.19. The number of imidazole rings is 1. The molecule has 6 aromatic rings. The van der Waals surface area contributed by atoms with Crippen LogP contribution in [0.4, 0.5) is 8.78 Å². The predicted octanol–water partition coefficient (Wildman–Crippen LogP) is 6.29. The van der Waals surface area contributed by atoms with Crippen molar-refractivity contribution in [3.8, 4) is 34.1 Å². The van der Waals surface area contributed by atoms with Gasteiger partial charge in [-0.1, -0.05) is 29.4 Å². The summed E-state index contributed by atoms with van der Waals surface area (Å²) in [6.45, 7) is 0.431. The Labute approximate surface area is 204 Å². The monoisotopic (exact) mass is 481 g/mol. The molecular formula is C28H19F2N4O2+. The van der Waals surface area contributed by atoms with Gasteiger partial charge in [0.15, 0.2) is 24.0 Å². The average Bonchev–Trinajstić information content (AvgIpc) is 3.54. The Kier molecular flexibility index (Phi) is 5.46. The molecule has 6 nitrogen and oxygen atoms in total. The zero-order valence-electron chi connectivity index (χ0n) is 18.9. The molecule has 1 N–H and O–H groups in total. The highest BCUT2D eigenvalue weighted by molar-refractivity contribution is 5.77. The first-order valence-corrected chi connectivity index (χ1v) is 11.2. The van der Waals surface area contributed by atoms with Gasteiger partial charge >= 0.3 is 0 Å². The quantitative estimate of drug-likeness (QED) is 0.284. The standard InChI is InChI=1S/C28H18F2N4O2/c29-23-8-4-7-22(27(23)30)28-31-24-13-14-34(17-26(24)32-28)16-21-15-25(33-36-21)18-9-11-20(12-10-18)35-19-5-2-1-3-6-19/h1-15,17H,16H2/p+1. The molecule has 0 unspecified atom stereocenters. The van der Waals surface area contributed by atoms with Gasteiger partial charge < -0.3 is 14.2 Å². The van der Waals surface area contributed by atoms with Gasteiger partial charge in [-0.2, -0.15) is 4.57 Å². The number of hydrogen-bond donors (Lipinski definition) is 1. The molecule has 0 saturated carbocycles. The minimum Gasteiger partial charge on any atom is -0.457 e. The fourth-order valence-corrected chi connectivity index (χ4v) is 3.94. The molecule has 6 rings (SSSR count). The van der Waals surface area contributed by atoms with Gasteiger partial charge in [-0.25, -0.2) is 13.8 Å². The van der Waals surface area contributed by atoms with Crippen LogP contribution in [0.25, 0.3) is 33.7 Å². The van der Waals surface area contributed by atoms with E-state index in [-0.39, 0.29) is 11.4 Å². The molecule has 0 aliphatic carbocycles. The number of aromatic amines is 1. The number of para-hydroxylation sites is 1. The van der Waals surface area contributed by atoms with Crippen LogP contribution >= 0.6 is 0 Å². The van der Waals surface area contributed by atoms with Crippen LogP contribution in [0.1, 0.15) is 5.76 Å². The van der Waals surface area contributed by atoms with Gasteiger partial charge in [0, 0.05) is 17.7 Å². The van der Waals surface area contributed by atoms with Crippen molar-refractivity contribution in [2.75, 3.05) is 0 Å². The summed E-state index contributed by atoms with van der Waals surface area (Å²) in [7, 11) is 0. The van der Waals surface area contributed by atoms with Gasteiger partial charge in [-0.3, -0.25) is 0 Å². The number of halogens is 2. The fraction of sp³-hybridized carbons (Fsp3) is 0.0357. The molecule has 3 aromatic heterocycles.